The summed E-state index contributed by atoms with van der Waals surface area (Å²) in [6.45, 7) is 2.14. The first-order valence-electron chi connectivity index (χ1n) is 8.67. The highest BCUT2D eigenvalue weighted by Gasteiger charge is 2.14. The van der Waals surface area contributed by atoms with Crippen molar-refractivity contribution in [1.29, 1.82) is 0 Å². The van der Waals surface area contributed by atoms with Gasteiger partial charge < -0.3 is 0 Å². The van der Waals surface area contributed by atoms with E-state index in [9.17, 15) is 0 Å². The van der Waals surface area contributed by atoms with Crippen LogP contribution in [0.2, 0.25) is 5.02 Å². The second-order valence-corrected chi connectivity index (χ2v) is 6.71. The smallest absolute Gasteiger partial charge is 0.182 e. The zero-order chi connectivity index (χ0) is 18.4. The third-order valence-corrected chi connectivity index (χ3v) is 4.81. The Balaban J connectivity index is 1.66. The summed E-state index contributed by atoms with van der Waals surface area (Å²) in [4.78, 5) is 9.25. The monoisotopic (exact) mass is 374 g/mol. The van der Waals surface area contributed by atoms with Crippen molar-refractivity contribution in [3.05, 3.63) is 71.6 Å². The van der Waals surface area contributed by atoms with Crippen LogP contribution < -0.4 is 0 Å². The summed E-state index contributed by atoms with van der Waals surface area (Å²) < 4.78 is 3.45. The van der Waals surface area contributed by atoms with Crippen LogP contribution in [0.15, 0.2) is 61.1 Å². The molecule has 132 valence electrons. The molecule has 2 aromatic carbocycles. The van der Waals surface area contributed by atoms with E-state index in [0.29, 0.717) is 16.5 Å². The number of fused-ring (bicyclic) bond motifs is 3. The van der Waals surface area contributed by atoms with Gasteiger partial charge in [-0.2, -0.15) is 5.10 Å². The van der Waals surface area contributed by atoms with E-state index in [2.05, 4.69) is 34.2 Å². The van der Waals surface area contributed by atoms with Crippen LogP contribution in [0.3, 0.4) is 0 Å². The predicted molar refractivity (Wildman–Crippen MR) is 105 cm³/mol. The van der Waals surface area contributed by atoms with Gasteiger partial charge in [0, 0.05) is 10.6 Å². The first-order chi connectivity index (χ1) is 13.2. The molecular formula is C20H15ClN6. The molecule has 0 aliphatic rings. The highest BCUT2D eigenvalue weighted by molar-refractivity contribution is 6.30. The molecule has 3 heterocycles. The Kier molecular flexibility index (Phi) is 3.65. The molecule has 7 heteroatoms. The number of hydrogen-bond acceptors (Lipinski definition) is 4. The van der Waals surface area contributed by atoms with Crippen LogP contribution in [0.4, 0.5) is 0 Å². The minimum atomic E-state index is 0.650. The predicted octanol–water partition coefficient (Wildman–Crippen LogP) is 4.35. The van der Waals surface area contributed by atoms with Gasteiger partial charge in [-0.3, -0.25) is 0 Å². The molecule has 0 unspecified atom stereocenters. The number of aryl methyl sites for hydroxylation is 1. The van der Waals surface area contributed by atoms with Gasteiger partial charge in [0.2, 0.25) is 0 Å². The normalized spacial score (nSPS) is 11.5. The van der Waals surface area contributed by atoms with Gasteiger partial charge in [0.05, 0.1) is 17.3 Å². The van der Waals surface area contributed by atoms with Gasteiger partial charge in [0.1, 0.15) is 6.33 Å². The summed E-state index contributed by atoms with van der Waals surface area (Å²) in [6.07, 6.45) is 4.43. The lowest BCUT2D eigenvalue weighted by molar-refractivity contribution is 0.882. The fourth-order valence-electron chi connectivity index (χ4n) is 3.13. The Morgan fingerprint density at radius 3 is 2.67 bits per heavy atom. The standard InChI is InChI=1S/C20H15ClN6/c1-2-13-6-8-14(9-7-13)18-24-20-17-11-23-27(16-5-3-4-15(21)10-16)19(17)22-12-26(20)25-18/h3-12H,2H2,1H3. The first-order valence-corrected chi connectivity index (χ1v) is 9.05. The molecule has 5 aromatic rings. The van der Waals surface area contributed by atoms with Crippen LogP contribution in [0.5, 0.6) is 0 Å². The molecule has 6 nitrogen and oxygen atoms in total. The molecule has 0 bridgehead atoms. The molecular weight excluding hydrogens is 360 g/mol. The van der Waals surface area contributed by atoms with E-state index in [1.54, 1.807) is 21.7 Å². The highest BCUT2D eigenvalue weighted by Crippen LogP contribution is 2.24. The summed E-state index contributed by atoms with van der Waals surface area (Å²) in [5.74, 6) is 0.669. The minimum Gasteiger partial charge on any atom is -0.216 e. The maximum absolute atomic E-state index is 6.11. The molecule has 0 saturated heterocycles. The average molecular weight is 375 g/mol. The van der Waals surface area contributed by atoms with Crippen molar-refractivity contribution in [1.82, 2.24) is 29.4 Å². The molecule has 0 aliphatic heterocycles. The minimum absolute atomic E-state index is 0.650. The van der Waals surface area contributed by atoms with Gasteiger partial charge in [0.15, 0.2) is 17.1 Å². The molecule has 0 spiro atoms. The molecule has 5 rings (SSSR count). The number of benzene rings is 2. The number of halogens is 1. The summed E-state index contributed by atoms with van der Waals surface area (Å²) in [7, 11) is 0. The summed E-state index contributed by atoms with van der Waals surface area (Å²) in [5.41, 5.74) is 4.55. The molecule has 0 atom stereocenters. The molecule has 0 fully saturated rings. The van der Waals surface area contributed by atoms with Gasteiger partial charge in [-0.1, -0.05) is 48.9 Å². The highest BCUT2D eigenvalue weighted by atomic mass is 35.5. The van der Waals surface area contributed by atoms with Crippen LogP contribution >= 0.6 is 11.6 Å². The maximum atomic E-state index is 6.11. The zero-order valence-corrected chi connectivity index (χ0v) is 15.3. The summed E-state index contributed by atoms with van der Waals surface area (Å²) in [6, 6.07) is 15.8. The fourth-order valence-corrected chi connectivity index (χ4v) is 3.31. The van der Waals surface area contributed by atoms with Crippen molar-refractivity contribution in [2.75, 3.05) is 0 Å². The molecule has 0 aliphatic carbocycles. The van der Waals surface area contributed by atoms with E-state index < -0.39 is 0 Å². The second-order valence-electron chi connectivity index (χ2n) is 6.27. The van der Waals surface area contributed by atoms with Gasteiger partial charge in [-0.15, -0.1) is 5.10 Å². The van der Waals surface area contributed by atoms with Crippen LogP contribution in [-0.2, 0) is 6.42 Å². The molecule has 3 aromatic heterocycles. The molecule has 0 saturated carbocycles. The lowest BCUT2D eigenvalue weighted by Crippen LogP contribution is -1.98. The van der Waals surface area contributed by atoms with Gasteiger partial charge in [-0.25, -0.2) is 19.2 Å². The van der Waals surface area contributed by atoms with E-state index in [0.717, 1.165) is 28.7 Å². The van der Waals surface area contributed by atoms with E-state index in [4.69, 9.17) is 16.6 Å². The van der Waals surface area contributed by atoms with Crippen LogP contribution in [0, 0.1) is 0 Å². The van der Waals surface area contributed by atoms with Crippen LogP contribution in [0.25, 0.3) is 33.8 Å². The third-order valence-electron chi connectivity index (χ3n) is 4.58. The van der Waals surface area contributed by atoms with Crippen LogP contribution in [-0.4, -0.2) is 29.4 Å². The number of rotatable bonds is 3. The Morgan fingerprint density at radius 2 is 1.89 bits per heavy atom. The van der Waals surface area contributed by atoms with Crippen molar-refractivity contribution >= 4 is 28.3 Å². The quantitative estimate of drug-likeness (QED) is 0.471. The Labute approximate surface area is 160 Å². The van der Waals surface area contributed by atoms with E-state index in [1.807, 2.05) is 36.4 Å². The van der Waals surface area contributed by atoms with Crippen molar-refractivity contribution in [2.24, 2.45) is 0 Å². The Morgan fingerprint density at radius 1 is 1.04 bits per heavy atom. The first kappa shape index (κ1) is 16.0. The summed E-state index contributed by atoms with van der Waals surface area (Å²) >= 11 is 6.11. The van der Waals surface area contributed by atoms with Gasteiger partial charge in [0.25, 0.3) is 0 Å². The maximum Gasteiger partial charge on any atom is 0.182 e. The zero-order valence-electron chi connectivity index (χ0n) is 14.5. The topological polar surface area (TPSA) is 60.9 Å². The van der Waals surface area contributed by atoms with E-state index in [-0.39, 0.29) is 0 Å². The number of hydrogen-bond donors (Lipinski definition) is 0. The Hall–Kier alpha value is -3.25. The number of aromatic nitrogens is 6. The molecule has 27 heavy (non-hydrogen) atoms. The second kappa shape index (κ2) is 6.17. The Bertz CT molecular complexity index is 1270. The SMILES string of the molecule is CCc1ccc(-c2nc3c4cnn(-c5cccc(Cl)c5)c4ncn3n2)cc1. The van der Waals surface area contributed by atoms with Crippen molar-refractivity contribution in [3.8, 4) is 17.1 Å². The van der Waals surface area contributed by atoms with Crippen molar-refractivity contribution < 1.29 is 0 Å². The fraction of sp³-hybridized carbons (Fsp3) is 0.100. The van der Waals surface area contributed by atoms with Crippen molar-refractivity contribution in [3.63, 3.8) is 0 Å². The molecule has 0 amide bonds. The lowest BCUT2D eigenvalue weighted by atomic mass is 10.1. The average Bonchev–Trinajstić information content (AvgIpc) is 3.32. The van der Waals surface area contributed by atoms with Crippen LogP contribution in [0.1, 0.15) is 12.5 Å². The number of nitrogens with zero attached hydrogens (tertiary/aromatic N) is 6. The largest absolute Gasteiger partial charge is 0.216 e. The third kappa shape index (κ3) is 2.65. The van der Waals surface area contributed by atoms with Gasteiger partial charge >= 0.3 is 0 Å². The van der Waals surface area contributed by atoms with Gasteiger partial charge in [-0.05, 0) is 30.2 Å². The molecule has 0 radical (unpaired) electrons. The van der Waals surface area contributed by atoms with Crippen molar-refractivity contribution in [2.45, 2.75) is 13.3 Å². The molecule has 0 N–H and O–H groups in total. The van der Waals surface area contributed by atoms with E-state index >= 15 is 0 Å². The van der Waals surface area contributed by atoms with E-state index in [1.165, 1.54) is 5.56 Å². The lowest BCUT2D eigenvalue weighted by Gasteiger charge is -2.02. The summed E-state index contributed by atoms with van der Waals surface area (Å²) in [5, 5.41) is 10.5.